The molecule has 0 amide bonds. The van der Waals surface area contributed by atoms with E-state index in [1.807, 2.05) is 6.92 Å². The van der Waals surface area contributed by atoms with Crippen molar-refractivity contribution < 1.29 is 4.39 Å². The molecule has 0 aliphatic carbocycles. The van der Waals surface area contributed by atoms with Gasteiger partial charge in [-0.2, -0.15) is 5.26 Å². The minimum Gasteiger partial charge on any atom is -0.301 e. The highest BCUT2D eigenvalue weighted by molar-refractivity contribution is 7.99. The lowest BCUT2D eigenvalue weighted by atomic mass is 10.3. The molecule has 0 bridgehead atoms. The molecule has 0 saturated heterocycles. The predicted molar refractivity (Wildman–Crippen MR) is 64.8 cm³/mol. The first-order valence-corrected chi connectivity index (χ1v) is 6.26. The van der Waals surface area contributed by atoms with E-state index in [9.17, 15) is 4.39 Å². The fourth-order valence-electron chi connectivity index (χ4n) is 1.20. The van der Waals surface area contributed by atoms with Crippen molar-refractivity contribution >= 4 is 11.8 Å². The maximum atomic E-state index is 13.3. The van der Waals surface area contributed by atoms with Crippen LogP contribution in [-0.2, 0) is 0 Å². The summed E-state index contributed by atoms with van der Waals surface area (Å²) in [4.78, 5) is 0.598. The van der Waals surface area contributed by atoms with E-state index in [2.05, 4.69) is 11.4 Å². The third-order valence-corrected chi connectivity index (χ3v) is 3.18. The van der Waals surface area contributed by atoms with Gasteiger partial charge in [-0.3, -0.25) is 0 Å². The van der Waals surface area contributed by atoms with E-state index in [1.165, 1.54) is 17.8 Å². The second kappa shape index (κ2) is 7.26. The SMILES string of the molecule is CCCNC(C#N)CSc1ccccc1F. The number of halogens is 1. The Balaban J connectivity index is 2.44. The van der Waals surface area contributed by atoms with Crippen molar-refractivity contribution in [2.24, 2.45) is 0 Å². The summed E-state index contributed by atoms with van der Waals surface area (Å²) >= 11 is 1.37. The molecule has 2 nitrogen and oxygen atoms in total. The summed E-state index contributed by atoms with van der Waals surface area (Å²) in [5.74, 6) is 0.344. The molecule has 0 aromatic heterocycles. The predicted octanol–water partition coefficient (Wildman–Crippen LogP) is 2.81. The van der Waals surface area contributed by atoms with Crippen molar-refractivity contribution in [1.29, 1.82) is 5.26 Å². The molecule has 16 heavy (non-hydrogen) atoms. The minimum atomic E-state index is -0.223. The Bertz CT molecular complexity index is 362. The number of rotatable bonds is 6. The average molecular weight is 238 g/mol. The summed E-state index contributed by atoms with van der Waals surface area (Å²) in [6, 6.07) is 8.58. The number of hydrogen-bond donors (Lipinski definition) is 1. The lowest BCUT2D eigenvalue weighted by molar-refractivity contribution is 0.600. The van der Waals surface area contributed by atoms with Gasteiger partial charge in [0.1, 0.15) is 11.9 Å². The molecular formula is C12H15FN2S. The van der Waals surface area contributed by atoms with Gasteiger partial charge < -0.3 is 5.32 Å². The summed E-state index contributed by atoms with van der Waals surface area (Å²) in [6.07, 6.45) is 0.989. The quantitative estimate of drug-likeness (QED) is 0.774. The zero-order valence-corrected chi connectivity index (χ0v) is 10.1. The Hall–Kier alpha value is -1.05. The standard InChI is InChI=1S/C12H15FN2S/c1-2-7-15-10(8-14)9-16-12-6-4-3-5-11(12)13/h3-6,10,15H,2,7,9H2,1H3. The summed E-state index contributed by atoms with van der Waals surface area (Å²) < 4.78 is 13.3. The molecule has 1 atom stereocenters. The molecule has 0 radical (unpaired) electrons. The van der Waals surface area contributed by atoms with Gasteiger partial charge in [-0.25, -0.2) is 4.39 Å². The molecule has 0 saturated carbocycles. The van der Waals surface area contributed by atoms with Crippen molar-refractivity contribution in [3.63, 3.8) is 0 Å². The van der Waals surface area contributed by atoms with E-state index in [4.69, 9.17) is 5.26 Å². The topological polar surface area (TPSA) is 35.8 Å². The van der Waals surface area contributed by atoms with Crippen molar-refractivity contribution in [3.8, 4) is 6.07 Å². The molecule has 1 N–H and O–H groups in total. The number of thioether (sulfide) groups is 1. The van der Waals surface area contributed by atoms with Crippen molar-refractivity contribution in [3.05, 3.63) is 30.1 Å². The highest BCUT2D eigenvalue weighted by atomic mass is 32.2. The molecule has 0 fully saturated rings. The maximum absolute atomic E-state index is 13.3. The lowest BCUT2D eigenvalue weighted by Gasteiger charge is -2.10. The maximum Gasteiger partial charge on any atom is 0.136 e. The van der Waals surface area contributed by atoms with Gasteiger partial charge in [0.25, 0.3) is 0 Å². The molecule has 0 heterocycles. The summed E-state index contributed by atoms with van der Waals surface area (Å²) in [7, 11) is 0. The molecule has 4 heteroatoms. The normalized spacial score (nSPS) is 12.1. The highest BCUT2D eigenvalue weighted by Crippen LogP contribution is 2.21. The number of nitriles is 1. The summed E-state index contributed by atoms with van der Waals surface area (Å²) in [5.41, 5.74) is 0. The van der Waals surface area contributed by atoms with Gasteiger partial charge in [0.05, 0.1) is 6.07 Å². The van der Waals surface area contributed by atoms with Crippen LogP contribution in [0.2, 0.25) is 0 Å². The number of hydrogen-bond acceptors (Lipinski definition) is 3. The van der Waals surface area contributed by atoms with Gasteiger partial charge in [0, 0.05) is 10.6 Å². The Morgan fingerprint density at radius 2 is 2.25 bits per heavy atom. The van der Waals surface area contributed by atoms with E-state index in [0.29, 0.717) is 10.6 Å². The zero-order chi connectivity index (χ0) is 11.8. The Morgan fingerprint density at radius 1 is 1.50 bits per heavy atom. The van der Waals surface area contributed by atoms with Crippen molar-refractivity contribution in [2.75, 3.05) is 12.3 Å². The fraction of sp³-hybridized carbons (Fsp3) is 0.417. The van der Waals surface area contributed by atoms with Crippen LogP contribution in [-0.4, -0.2) is 18.3 Å². The van der Waals surface area contributed by atoms with Gasteiger partial charge >= 0.3 is 0 Å². The monoisotopic (exact) mass is 238 g/mol. The number of nitrogens with zero attached hydrogens (tertiary/aromatic N) is 1. The van der Waals surface area contributed by atoms with Crippen molar-refractivity contribution in [2.45, 2.75) is 24.3 Å². The molecule has 0 aliphatic heterocycles. The van der Waals surface area contributed by atoms with E-state index in [1.54, 1.807) is 18.2 Å². The lowest BCUT2D eigenvalue weighted by Crippen LogP contribution is -2.30. The highest BCUT2D eigenvalue weighted by Gasteiger charge is 2.08. The zero-order valence-electron chi connectivity index (χ0n) is 9.24. The smallest absolute Gasteiger partial charge is 0.136 e. The van der Waals surface area contributed by atoms with E-state index in [0.717, 1.165) is 13.0 Å². The minimum absolute atomic E-state index is 0.218. The van der Waals surface area contributed by atoms with E-state index in [-0.39, 0.29) is 11.9 Å². The average Bonchev–Trinajstić information content (AvgIpc) is 2.31. The van der Waals surface area contributed by atoms with Crippen LogP contribution in [0.15, 0.2) is 29.2 Å². The van der Waals surface area contributed by atoms with Crippen LogP contribution in [0.25, 0.3) is 0 Å². The molecular weight excluding hydrogens is 223 g/mol. The van der Waals surface area contributed by atoms with Crippen LogP contribution in [0.3, 0.4) is 0 Å². The number of benzene rings is 1. The van der Waals surface area contributed by atoms with E-state index < -0.39 is 0 Å². The third-order valence-electron chi connectivity index (χ3n) is 2.04. The van der Waals surface area contributed by atoms with Crippen LogP contribution in [0.5, 0.6) is 0 Å². The first-order chi connectivity index (χ1) is 7.77. The first-order valence-electron chi connectivity index (χ1n) is 5.28. The summed E-state index contributed by atoms with van der Waals surface area (Å²) in [6.45, 7) is 2.86. The van der Waals surface area contributed by atoms with Crippen LogP contribution in [0, 0.1) is 17.1 Å². The largest absolute Gasteiger partial charge is 0.301 e. The van der Waals surface area contributed by atoms with Gasteiger partial charge in [-0.15, -0.1) is 11.8 Å². The Kier molecular flexibility index (Phi) is 5.91. The second-order valence-corrected chi connectivity index (χ2v) is 4.44. The fourth-order valence-corrected chi connectivity index (χ4v) is 2.11. The van der Waals surface area contributed by atoms with Gasteiger partial charge in [-0.1, -0.05) is 19.1 Å². The third kappa shape index (κ3) is 4.21. The molecule has 1 aromatic carbocycles. The van der Waals surface area contributed by atoms with E-state index >= 15 is 0 Å². The number of nitrogens with one attached hydrogen (secondary N) is 1. The molecule has 0 aliphatic rings. The van der Waals surface area contributed by atoms with Crippen LogP contribution in [0.4, 0.5) is 4.39 Å². The molecule has 1 unspecified atom stereocenters. The van der Waals surface area contributed by atoms with Crippen molar-refractivity contribution in [1.82, 2.24) is 5.32 Å². The first kappa shape index (κ1) is 13.0. The molecule has 1 rings (SSSR count). The van der Waals surface area contributed by atoms with Gasteiger partial charge in [0.15, 0.2) is 0 Å². The Morgan fingerprint density at radius 3 is 2.88 bits per heavy atom. The van der Waals surface area contributed by atoms with Crippen LogP contribution >= 0.6 is 11.8 Å². The molecule has 1 aromatic rings. The van der Waals surface area contributed by atoms with Crippen LogP contribution < -0.4 is 5.32 Å². The second-order valence-electron chi connectivity index (χ2n) is 3.38. The van der Waals surface area contributed by atoms with Gasteiger partial charge in [0.2, 0.25) is 0 Å². The molecule has 0 spiro atoms. The molecule has 86 valence electrons. The van der Waals surface area contributed by atoms with Gasteiger partial charge in [-0.05, 0) is 25.1 Å². The Labute approximate surface area is 99.9 Å². The van der Waals surface area contributed by atoms with Crippen LogP contribution in [0.1, 0.15) is 13.3 Å². The summed E-state index contributed by atoms with van der Waals surface area (Å²) in [5, 5.41) is 12.0.